The summed E-state index contributed by atoms with van der Waals surface area (Å²) >= 11 is 1.29. The smallest absolute Gasteiger partial charge is 0.223 e. The third-order valence-electron chi connectivity index (χ3n) is 4.96. The lowest BCUT2D eigenvalue weighted by atomic mass is 10.1. The Labute approximate surface area is 183 Å². The number of nitrogens with zero attached hydrogens (tertiary/aromatic N) is 6. The SMILES string of the molecule is Cc1nc(Nc2ccn(C)n2)sc1-c1nc(NC2CCN(S(C)(=O)=O)CC2)ncc1F. The first kappa shape index (κ1) is 21.6. The van der Waals surface area contributed by atoms with Gasteiger partial charge in [-0.1, -0.05) is 11.3 Å². The van der Waals surface area contributed by atoms with Gasteiger partial charge in [-0.3, -0.25) is 4.68 Å². The summed E-state index contributed by atoms with van der Waals surface area (Å²) in [5.74, 6) is 0.420. The zero-order valence-corrected chi connectivity index (χ0v) is 19.0. The van der Waals surface area contributed by atoms with Gasteiger partial charge in [0.1, 0.15) is 5.69 Å². The third kappa shape index (κ3) is 4.99. The molecule has 0 radical (unpaired) electrons. The number of anilines is 3. The second-order valence-corrected chi connectivity index (χ2v) is 10.4. The minimum atomic E-state index is -3.19. The van der Waals surface area contributed by atoms with Gasteiger partial charge in [-0.2, -0.15) is 5.10 Å². The number of thiazole rings is 1. The summed E-state index contributed by atoms with van der Waals surface area (Å²) in [7, 11) is -1.37. The molecule has 0 bridgehead atoms. The Morgan fingerprint density at radius 2 is 2.00 bits per heavy atom. The van der Waals surface area contributed by atoms with Gasteiger partial charge in [0, 0.05) is 38.4 Å². The zero-order valence-electron chi connectivity index (χ0n) is 17.3. The van der Waals surface area contributed by atoms with Crippen LogP contribution in [0.3, 0.4) is 0 Å². The summed E-state index contributed by atoms with van der Waals surface area (Å²) in [6, 6.07) is 1.83. The molecule has 1 fully saturated rings. The van der Waals surface area contributed by atoms with E-state index in [1.54, 1.807) is 11.6 Å². The van der Waals surface area contributed by atoms with Crippen LogP contribution in [-0.4, -0.2) is 62.8 Å². The minimum absolute atomic E-state index is 0.0141. The van der Waals surface area contributed by atoms with Crippen molar-refractivity contribution in [3.63, 3.8) is 0 Å². The fraction of sp³-hybridized carbons (Fsp3) is 0.444. The average molecular weight is 467 g/mol. The van der Waals surface area contributed by atoms with E-state index in [2.05, 4.69) is 30.7 Å². The molecule has 13 heteroatoms. The van der Waals surface area contributed by atoms with E-state index < -0.39 is 15.8 Å². The van der Waals surface area contributed by atoms with E-state index in [4.69, 9.17) is 0 Å². The van der Waals surface area contributed by atoms with E-state index in [9.17, 15) is 12.8 Å². The van der Waals surface area contributed by atoms with Gasteiger partial charge in [-0.05, 0) is 19.8 Å². The first-order valence-corrected chi connectivity index (χ1v) is 12.3. The molecule has 1 aliphatic rings. The van der Waals surface area contributed by atoms with E-state index in [1.807, 2.05) is 19.3 Å². The van der Waals surface area contributed by atoms with Crippen LogP contribution in [-0.2, 0) is 17.1 Å². The predicted molar refractivity (Wildman–Crippen MR) is 117 cm³/mol. The maximum Gasteiger partial charge on any atom is 0.223 e. The first-order valence-electron chi connectivity index (χ1n) is 9.67. The highest BCUT2D eigenvalue weighted by atomic mass is 32.2. The molecule has 4 heterocycles. The van der Waals surface area contributed by atoms with E-state index in [-0.39, 0.29) is 11.7 Å². The average Bonchev–Trinajstić information content (AvgIpc) is 3.28. The van der Waals surface area contributed by atoms with Gasteiger partial charge < -0.3 is 10.6 Å². The summed E-state index contributed by atoms with van der Waals surface area (Å²) in [6.07, 6.45) is 5.42. The van der Waals surface area contributed by atoms with Crippen molar-refractivity contribution in [3.8, 4) is 10.6 Å². The second kappa shape index (κ2) is 8.48. The van der Waals surface area contributed by atoms with Crippen LogP contribution in [0.2, 0.25) is 0 Å². The van der Waals surface area contributed by atoms with E-state index >= 15 is 0 Å². The number of sulfonamides is 1. The number of aryl methyl sites for hydroxylation is 2. The summed E-state index contributed by atoms with van der Waals surface area (Å²) < 4.78 is 41.0. The lowest BCUT2D eigenvalue weighted by Crippen LogP contribution is -2.42. The molecule has 0 aromatic carbocycles. The van der Waals surface area contributed by atoms with Crippen LogP contribution >= 0.6 is 11.3 Å². The Morgan fingerprint density at radius 1 is 1.26 bits per heavy atom. The molecule has 4 rings (SSSR count). The van der Waals surface area contributed by atoms with Crippen LogP contribution < -0.4 is 10.6 Å². The Balaban J connectivity index is 1.49. The van der Waals surface area contributed by atoms with Gasteiger partial charge in [-0.15, -0.1) is 0 Å². The monoisotopic (exact) mass is 466 g/mol. The molecule has 2 N–H and O–H groups in total. The van der Waals surface area contributed by atoms with Crippen molar-refractivity contribution < 1.29 is 12.8 Å². The van der Waals surface area contributed by atoms with Crippen molar-refractivity contribution in [3.05, 3.63) is 30.0 Å². The summed E-state index contributed by atoms with van der Waals surface area (Å²) in [4.78, 5) is 13.5. The topological polar surface area (TPSA) is 118 Å². The first-order chi connectivity index (χ1) is 14.7. The predicted octanol–water partition coefficient (Wildman–Crippen LogP) is 2.36. The number of hydrogen-bond acceptors (Lipinski definition) is 9. The standard InChI is InChI=1S/C18H23FN8O2S2/c1-11-16(30-18(21-11)23-14-6-7-26(2)25-14)15-13(19)10-20-17(24-15)22-12-4-8-27(9-5-12)31(3,28)29/h6-7,10,12H,4-5,8-9H2,1-3H3,(H,20,22,24)(H,21,23,25). The molecule has 166 valence electrons. The van der Waals surface area contributed by atoms with Crippen LogP contribution in [0, 0.1) is 12.7 Å². The van der Waals surface area contributed by atoms with Gasteiger partial charge >= 0.3 is 0 Å². The molecule has 0 saturated carbocycles. The lowest BCUT2D eigenvalue weighted by molar-refractivity contribution is 0.331. The van der Waals surface area contributed by atoms with Gasteiger partial charge in [0.05, 0.1) is 23.0 Å². The highest BCUT2D eigenvalue weighted by Gasteiger charge is 2.25. The molecule has 0 atom stereocenters. The molecule has 3 aromatic heterocycles. The molecule has 0 unspecified atom stereocenters. The highest BCUT2D eigenvalue weighted by Crippen LogP contribution is 2.34. The molecule has 0 amide bonds. The Bertz CT molecular complexity index is 1190. The van der Waals surface area contributed by atoms with Crippen molar-refractivity contribution in [1.29, 1.82) is 0 Å². The molecule has 0 aliphatic carbocycles. The van der Waals surface area contributed by atoms with Gasteiger partial charge in [0.25, 0.3) is 0 Å². The number of nitrogens with one attached hydrogen (secondary N) is 2. The Morgan fingerprint density at radius 3 is 2.65 bits per heavy atom. The van der Waals surface area contributed by atoms with E-state index in [0.717, 1.165) is 6.20 Å². The lowest BCUT2D eigenvalue weighted by Gasteiger charge is -2.30. The number of aromatic nitrogens is 5. The molecule has 10 nitrogen and oxygen atoms in total. The molecular formula is C18H23FN8O2S2. The molecule has 0 spiro atoms. The van der Waals surface area contributed by atoms with Crippen molar-refractivity contribution in [1.82, 2.24) is 29.0 Å². The fourth-order valence-corrected chi connectivity index (χ4v) is 5.21. The van der Waals surface area contributed by atoms with Crippen LogP contribution in [0.25, 0.3) is 10.6 Å². The molecule has 3 aromatic rings. The van der Waals surface area contributed by atoms with Crippen molar-refractivity contribution in [2.75, 3.05) is 30.0 Å². The van der Waals surface area contributed by atoms with Crippen LogP contribution in [0.1, 0.15) is 18.5 Å². The molecule has 31 heavy (non-hydrogen) atoms. The van der Waals surface area contributed by atoms with Crippen molar-refractivity contribution >= 4 is 38.3 Å². The summed E-state index contributed by atoms with van der Waals surface area (Å²) in [5, 5.41) is 11.2. The van der Waals surface area contributed by atoms with Gasteiger partial charge in [0.2, 0.25) is 16.0 Å². The number of rotatable bonds is 6. The molecule has 1 saturated heterocycles. The minimum Gasteiger partial charge on any atom is -0.351 e. The Kier molecular flexibility index (Phi) is 5.90. The quantitative estimate of drug-likeness (QED) is 0.568. The summed E-state index contributed by atoms with van der Waals surface area (Å²) in [5.41, 5.74) is 0.823. The normalized spacial score (nSPS) is 15.9. The molecule has 1 aliphatic heterocycles. The number of hydrogen-bond donors (Lipinski definition) is 2. The van der Waals surface area contributed by atoms with Crippen molar-refractivity contribution in [2.24, 2.45) is 7.05 Å². The second-order valence-electron chi connectivity index (χ2n) is 7.40. The maximum absolute atomic E-state index is 14.6. The van der Waals surface area contributed by atoms with Crippen LogP contribution in [0.5, 0.6) is 0 Å². The van der Waals surface area contributed by atoms with E-state index in [0.29, 0.717) is 53.4 Å². The highest BCUT2D eigenvalue weighted by molar-refractivity contribution is 7.88. The largest absolute Gasteiger partial charge is 0.351 e. The fourth-order valence-electron chi connectivity index (χ4n) is 3.37. The van der Waals surface area contributed by atoms with Crippen LogP contribution in [0.15, 0.2) is 18.5 Å². The Hall–Kier alpha value is -2.64. The van der Waals surface area contributed by atoms with E-state index in [1.165, 1.54) is 21.9 Å². The van der Waals surface area contributed by atoms with Crippen molar-refractivity contribution in [2.45, 2.75) is 25.8 Å². The number of halogens is 1. The maximum atomic E-state index is 14.6. The summed E-state index contributed by atoms with van der Waals surface area (Å²) in [6.45, 7) is 2.66. The molecular weight excluding hydrogens is 443 g/mol. The third-order valence-corrected chi connectivity index (χ3v) is 7.34. The van der Waals surface area contributed by atoms with Gasteiger partial charge in [0.15, 0.2) is 16.8 Å². The van der Waals surface area contributed by atoms with Crippen LogP contribution in [0.4, 0.5) is 21.3 Å². The van der Waals surface area contributed by atoms with Gasteiger partial charge in [-0.25, -0.2) is 32.1 Å². The number of piperidine rings is 1. The zero-order chi connectivity index (χ0) is 22.2.